The third kappa shape index (κ3) is 2.68. The molecule has 0 saturated heterocycles. The van der Waals surface area contributed by atoms with Crippen LogP contribution < -0.4 is 0 Å². The molecule has 0 atom stereocenters. The summed E-state index contributed by atoms with van der Waals surface area (Å²) in [5.41, 5.74) is 2.93. The largest absolute Gasteiger partial charge is 0.240 e. The summed E-state index contributed by atoms with van der Waals surface area (Å²) in [5, 5.41) is 0. The van der Waals surface area contributed by atoms with Gasteiger partial charge in [0.2, 0.25) is 12.2 Å². The quantitative estimate of drug-likeness (QED) is 0.623. The van der Waals surface area contributed by atoms with Gasteiger partial charge in [0, 0.05) is 11.1 Å². The molecule has 0 radical (unpaired) electrons. The Kier molecular flexibility index (Phi) is 4.15. The van der Waals surface area contributed by atoms with E-state index in [4.69, 9.17) is 0 Å². The lowest BCUT2D eigenvalue weighted by Crippen LogP contribution is -1.88. The van der Waals surface area contributed by atoms with Crippen molar-refractivity contribution in [1.82, 2.24) is 0 Å². The van der Waals surface area contributed by atoms with E-state index >= 15 is 0 Å². The van der Waals surface area contributed by atoms with Crippen LogP contribution in [0.25, 0.3) is 5.57 Å². The Morgan fingerprint density at radius 2 is 1.20 bits per heavy atom. The monoisotopic (exact) mass is 262 g/mol. The summed E-state index contributed by atoms with van der Waals surface area (Å²) >= 11 is 0. The first-order valence-electron chi connectivity index (χ1n) is 5.81. The third-order valence-electron chi connectivity index (χ3n) is 2.79. The molecule has 0 aromatic heterocycles. The van der Waals surface area contributed by atoms with E-state index in [9.17, 15) is 9.59 Å². The molecule has 2 aromatic rings. The highest BCUT2D eigenvalue weighted by Crippen LogP contribution is 2.34. The molecule has 0 aliphatic heterocycles. The van der Waals surface area contributed by atoms with Crippen molar-refractivity contribution in [2.24, 2.45) is 9.98 Å². The Labute approximate surface area is 115 Å². The molecule has 0 fully saturated rings. The number of para-hydroxylation sites is 2. The smallest absolute Gasteiger partial charge is 0.211 e. The maximum atomic E-state index is 10.5. The Balaban J connectivity index is 2.58. The Hall–Kier alpha value is -3.06. The maximum absolute atomic E-state index is 10.5. The highest BCUT2D eigenvalue weighted by atomic mass is 16.1. The summed E-state index contributed by atoms with van der Waals surface area (Å²) < 4.78 is 0. The zero-order valence-electron chi connectivity index (χ0n) is 10.5. The van der Waals surface area contributed by atoms with Gasteiger partial charge in [0.1, 0.15) is 0 Å². The summed E-state index contributed by atoms with van der Waals surface area (Å²) in [6, 6.07) is 14.1. The molecular formula is C16H10N2O2. The maximum Gasteiger partial charge on any atom is 0.240 e. The number of nitrogens with zero attached hydrogens (tertiary/aromatic N) is 2. The van der Waals surface area contributed by atoms with Gasteiger partial charge in [-0.05, 0) is 17.7 Å². The number of isocyanates is 2. The van der Waals surface area contributed by atoms with Crippen LogP contribution in [0.2, 0.25) is 0 Å². The average molecular weight is 262 g/mol. The first-order valence-corrected chi connectivity index (χ1v) is 5.81. The molecule has 96 valence electrons. The van der Waals surface area contributed by atoms with Gasteiger partial charge < -0.3 is 0 Å². The molecule has 0 N–H and O–H groups in total. The Morgan fingerprint density at radius 3 is 1.60 bits per heavy atom. The van der Waals surface area contributed by atoms with Crippen molar-refractivity contribution >= 4 is 29.1 Å². The van der Waals surface area contributed by atoms with Gasteiger partial charge in [0.05, 0.1) is 11.4 Å². The summed E-state index contributed by atoms with van der Waals surface area (Å²) in [7, 11) is 0. The second kappa shape index (κ2) is 6.21. The molecule has 0 amide bonds. The van der Waals surface area contributed by atoms with Crippen molar-refractivity contribution < 1.29 is 9.59 Å². The lowest BCUT2D eigenvalue weighted by Gasteiger charge is -2.10. The number of benzene rings is 2. The van der Waals surface area contributed by atoms with Gasteiger partial charge in [0.15, 0.2) is 0 Å². The minimum atomic E-state index is 0.470. The second-order valence-corrected chi connectivity index (χ2v) is 3.92. The predicted molar refractivity (Wildman–Crippen MR) is 76.6 cm³/mol. The van der Waals surface area contributed by atoms with Crippen LogP contribution in [0.4, 0.5) is 11.4 Å². The molecule has 0 spiro atoms. The average Bonchev–Trinajstić information content (AvgIpc) is 2.48. The Morgan fingerprint density at radius 1 is 0.800 bits per heavy atom. The molecule has 0 unspecified atom stereocenters. The van der Waals surface area contributed by atoms with Crippen LogP contribution in [0.3, 0.4) is 0 Å². The van der Waals surface area contributed by atoms with E-state index in [-0.39, 0.29) is 0 Å². The molecule has 0 aliphatic rings. The molecule has 2 aromatic carbocycles. The van der Waals surface area contributed by atoms with Crippen molar-refractivity contribution in [1.29, 1.82) is 0 Å². The van der Waals surface area contributed by atoms with Crippen LogP contribution in [-0.4, -0.2) is 12.2 Å². The van der Waals surface area contributed by atoms with Gasteiger partial charge in [0.25, 0.3) is 0 Å². The molecular weight excluding hydrogens is 252 g/mol. The zero-order chi connectivity index (χ0) is 14.4. The van der Waals surface area contributed by atoms with Crippen molar-refractivity contribution in [3.05, 3.63) is 66.2 Å². The fraction of sp³-hybridized carbons (Fsp3) is 0. The van der Waals surface area contributed by atoms with Gasteiger partial charge >= 0.3 is 0 Å². The van der Waals surface area contributed by atoms with Gasteiger partial charge in [-0.2, -0.15) is 9.98 Å². The van der Waals surface area contributed by atoms with Gasteiger partial charge in [-0.3, -0.25) is 0 Å². The lowest BCUT2D eigenvalue weighted by molar-refractivity contribution is 0.564. The van der Waals surface area contributed by atoms with E-state index in [2.05, 4.69) is 16.6 Å². The predicted octanol–water partition coefficient (Wildman–Crippen LogP) is 3.68. The van der Waals surface area contributed by atoms with Crippen LogP contribution in [0.15, 0.2) is 65.1 Å². The fourth-order valence-corrected chi connectivity index (χ4v) is 1.90. The van der Waals surface area contributed by atoms with Crippen LogP contribution >= 0.6 is 0 Å². The topological polar surface area (TPSA) is 58.9 Å². The molecule has 0 heterocycles. The molecule has 0 saturated carbocycles. The summed E-state index contributed by atoms with van der Waals surface area (Å²) in [4.78, 5) is 28.2. The number of hydrogen-bond donors (Lipinski definition) is 0. The SMILES string of the molecule is C=C(c1ccccc1N=C=O)c1ccccc1N=C=O. The number of hydrogen-bond acceptors (Lipinski definition) is 4. The van der Waals surface area contributed by atoms with E-state index in [0.29, 0.717) is 28.1 Å². The fourth-order valence-electron chi connectivity index (χ4n) is 1.90. The molecule has 4 nitrogen and oxygen atoms in total. The van der Waals surface area contributed by atoms with E-state index in [0.717, 1.165) is 0 Å². The molecule has 2 rings (SSSR count). The van der Waals surface area contributed by atoms with Crippen molar-refractivity contribution in [3.8, 4) is 0 Å². The summed E-state index contributed by atoms with van der Waals surface area (Å²) in [6.07, 6.45) is 3.04. The highest BCUT2D eigenvalue weighted by Gasteiger charge is 2.10. The molecule has 4 heteroatoms. The van der Waals surface area contributed by atoms with Crippen LogP contribution in [0.5, 0.6) is 0 Å². The summed E-state index contributed by atoms with van der Waals surface area (Å²) in [6.45, 7) is 4.00. The van der Waals surface area contributed by atoms with Crippen LogP contribution in [-0.2, 0) is 9.59 Å². The van der Waals surface area contributed by atoms with E-state index in [1.165, 1.54) is 12.2 Å². The van der Waals surface area contributed by atoms with E-state index < -0.39 is 0 Å². The van der Waals surface area contributed by atoms with E-state index in [1.54, 1.807) is 36.4 Å². The summed E-state index contributed by atoms with van der Waals surface area (Å²) in [5.74, 6) is 0. The first kappa shape index (κ1) is 13.4. The van der Waals surface area contributed by atoms with Crippen molar-refractivity contribution in [2.75, 3.05) is 0 Å². The normalized spacial score (nSPS) is 9.20. The first-order chi connectivity index (χ1) is 9.77. The Bertz CT molecular complexity index is 689. The standard InChI is InChI=1S/C16H10N2O2/c1-12(13-6-2-4-8-15(13)17-10-19)14-7-3-5-9-16(14)18-11-20/h2-9H,1H2. The number of aliphatic imine (C=N–C) groups is 2. The molecule has 0 bridgehead atoms. The minimum absolute atomic E-state index is 0.470. The van der Waals surface area contributed by atoms with Crippen molar-refractivity contribution in [2.45, 2.75) is 0 Å². The number of rotatable bonds is 4. The van der Waals surface area contributed by atoms with Gasteiger partial charge in [-0.25, -0.2) is 9.59 Å². The zero-order valence-corrected chi connectivity index (χ0v) is 10.5. The van der Waals surface area contributed by atoms with Crippen LogP contribution in [0.1, 0.15) is 11.1 Å². The van der Waals surface area contributed by atoms with Crippen LogP contribution in [0, 0.1) is 0 Å². The molecule has 20 heavy (non-hydrogen) atoms. The minimum Gasteiger partial charge on any atom is -0.211 e. The third-order valence-corrected chi connectivity index (χ3v) is 2.79. The molecule has 0 aliphatic carbocycles. The number of carbonyl (C=O) groups excluding carboxylic acids is 2. The van der Waals surface area contributed by atoms with E-state index in [1.807, 2.05) is 12.1 Å². The second-order valence-electron chi connectivity index (χ2n) is 3.92. The van der Waals surface area contributed by atoms with Crippen molar-refractivity contribution in [3.63, 3.8) is 0 Å². The van der Waals surface area contributed by atoms with Gasteiger partial charge in [-0.15, -0.1) is 0 Å². The highest BCUT2D eigenvalue weighted by molar-refractivity contribution is 5.88. The lowest BCUT2D eigenvalue weighted by atomic mass is 9.97. The van der Waals surface area contributed by atoms with Gasteiger partial charge in [-0.1, -0.05) is 43.0 Å².